The second-order valence-electron chi connectivity index (χ2n) is 7.72. The Morgan fingerprint density at radius 2 is 1.73 bits per heavy atom. The number of nitrogens with zero attached hydrogens (tertiary/aromatic N) is 3. The molecule has 1 saturated heterocycles. The van der Waals surface area contributed by atoms with Crippen molar-refractivity contribution in [2.24, 2.45) is 0 Å². The molecule has 0 spiro atoms. The van der Waals surface area contributed by atoms with Gasteiger partial charge in [-0.15, -0.1) is 0 Å². The molecule has 4 N–H and O–H groups in total. The number of ether oxygens (including phenoxy) is 1. The first-order valence-corrected chi connectivity index (χ1v) is 9.61. The second-order valence-corrected chi connectivity index (χ2v) is 7.72. The fourth-order valence-corrected chi connectivity index (χ4v) is 3.68. The molecule has 2 rings (SSSR count). The molecular formula is C18H32N4O8. The smallest absolute Gasteiger partial charge is 0.330 e. The van der Waals surface area contributed by atoms with E-state index in [1.54, 1.807) is 28.2 Å². The van der Waals surface area contributed by atoms with Crippen LogP contribution in [0.5, 0.6) is 0 Å². The summed E-state index contributed by atoms with van der Waals surface area (Å²) in [4.78, 5) is 37.7. The molecule has 2 heterocycles. The van der Waals surface area contributed by atoms with E-state index in [1.165, 1.54) is 23.2 Å². The maximum Gasteiger partial charge on any atom is 0.330 e. The standard InChI is InChI=1S/C18H32N4O8/c1-12-10-22(16(26)19-15(12)25)18(7-9-29-21(4)5)17(27,6-8-28-20(2)3)14(24)13(11-23)30-18/h10,13-14,23-24,27H,6-9,11H2,1-5H3,(H,19,25,26)/t13-,14-,17-,18-/m1/s1. The van der Waals surface area contributed by atoms with Gasteiger partial charge in [-0.3, -0.25) is 24.0 Å². The molecule has 30 heavy (non-hydrogen) atoms. The number of aromatic amines is 1. The SMILES string of the molecule is Cc1cn([C@]2(CCON(C)C)O[C@H](CO)[C@@H](O)[C@]2(O)CCON(C)C)c(=O)[nH]c1=O. The van der Waals surface area contributed by atoms with Crippen molar-refractivity contribution in [1.82, 2.24) is 19.7 Å². The van der Waals surface area contributed by atoms with Crippen LogP contribution in [0, 0.1) is 6.92 Å². The first-order chi connectivity index (χ1) is 14.0. The number of hydrogen-bond acceptors (Lipinski definition) is 10. The Bertz CT molecular complexity index is 825. The lowest BCUT2D eigenvalue weighted by Crippen LogP contribution is -2.61. The van der Waals surface area contributed by atoms with Gasteiger partial charge in [-0.1, -0.05) is 0 Å². The van der Waals surface area contributed by atoms with Crippen LogP contribution < -0.4 is 11.2 Å². The molecular weight excluding hydrogens is 400 g/mol. The van der Waals surface area contributed by atoms with Gasteiger partial charge in [0.1, 0.15) is 17.8 Å². The maximum absolute atomic E-state index is 12.7. The number of hydroxylamine groups is 4. The third-order valence-electron chi connectivity index (χ3n) is 5.18. The number of nitrogens with one attached hydrogen (secondary N) is 1. The van der Waals surface area contributed by atoms with Gasteiger partial charge in [-0.25, -0.2) is 4.79 Å². The molecule has 4 atom stereocenters. The van der Waals surface area contributed by atoms with Gasteiger partial charge in [0.25, 0.3) is 5.56 Å². The van der Waals surface area contributed by atoms with Crippen LogP contribution in [0.25, 0.3) is 0 Å². The number of rotatable bonds is 10. The van der Waals surface area contributed by atoms with Gasteiger partial charge in [0.15, 0.2) is 5.72 Å². The summed E-state index contributed by atoms with van der Waals surface area (Å²) >= 11 is 0. The van der Waals surface area contributed by atoms with Crippen LogP contribution in [-0.4, -0.2) is 101 Å². The monoisotopic (exact) mass is 432 g/mol. The first kappa shape index (κ1) is 24.6. The van der Waals surface area contributed by atoms with Gasteiger partial charge >= 0.3 is 5.69 Å². The van der Waals surface area contributed by atoms with E-state index in [0.29, 0.717) is 0 Å². The predicted octanol–water partition coefficient (Wildman–Crippen LogP) is -2.25. The van der Waals surface area contributed by atoms with Gasteiger partial charge in [0.05, 0.1) is 19.8 Å². The van der Waals surface area contributed by atoms with Gasteiger partial charge in [-0.2, -0.15) is 10.1 Å². The number of aryl methyl sites for hydroxylation is 1. The fourth-order valence-electron chi connectivity index (χ4n) is 3.68. The van der Waals surface area contributed by atoms with E-state index >= 15 is 0 Å². The summed E-state index contributed by atoms with van der Waals surface area (Å²) in [7, 11) is 6.66. The van der Waals surface area contributed by atoms with E-state index < -0.39 is 41.4 Å². The van der Waals surface area contributed by atoms with Crippen LogP contribution in [-0.2, 0) is 20.1 Å². The molecule has 0 saturated carbocycles. The summed E-state index contributed by atoms with van der Waals surface area (Å²) in [6, 6.07) is 0. The average molecular weight is 432 g/mol. The number of aliphatic hydroxyl groups is 3. The second kappa shape index (κ2) is 9.66. The molecule has 0 unspecified atom stereocenters. The molecule has 0 amide bonds. The lowest BCUT2D eigenvalue weighted by molar-refractivity contribution is -0.234. The Morgan fingerprint density at radius 1 is 1.17 bits per heavy atom. The molecule has 0 bridgehead atoms. The van der Waals surface area contributed by atoms with Crippen LogP contribution in [0.3, 0.4) is 0 Å². The van der Waals surface area contributed by atoms with Crippen molar-refractivity contribution < 1.29 is 29.7 Å². The third-order valence-corrected chi connectivity index (χ3v) is 5.18. The van der Waals surface area contributed by atoms with Gasteiger partial charge < -0.3 is 20.1 Å². The Kier molecular flexibility index (Phi) is 7.93. The lowest BCUT2D eigenvalue weighted by atomic mass is 9.81. The van der Waals surface area contributed by atoms with E-state index in [1.807, 2.05) is 0 Å². The fraction of sp³-hybridized carbons (Fsp3) is 0.778. The molecule has 12 heteroatoms. The maximum atomic E-state index is 12.7. The van der Waals surface area contributed by atoms with Crippen LogP contribution >= 0.6 is 0 Å². The van der Waals surface area contributed by atoms with Crippen molar-refractivity contribution in [1.29, 1.82) is 0 Å². The Labute approximate surface area is 174 Å². The largest absolute Gasteiger partial charge is 0.394 e. The van der Waals surface area contributed by atoms with Crippen molar-refractivity contribution in [2.75, 3.05) is 48.0 Å². The quantitative estimate of drug-likeness (QED) is 0.299. The minimum absolute atomic E-state index is 0.00452. The normalized spacial score (nSPS) is 29.3. The van der Waals surface area contributed by atoms with E-state index in [0.717, 1.165) is 4.57 Å². The molecule has 172 valence electrons. The van der Waals surface area contributed by atoms with E-state index in [4.69, 9.17) is 14.4 Å². The molecule has 12 nitrogen and oxygen atoms in total. The van der Waals surface area contributed by atoms with E-state index in [9.17, 15) is 24.9 Å². The highest BCUT2D eigenvalue weighted by Gasteiger charge is 2.66. The van der Waals surface area contributed by atoms with Crippen LogP contribution in [0.15, 0.2) is 15.8 Å². The highest BCUT2D eigenvalue weighted by atomic mass is 16.7. The first-order valence-electron chi connectivity index (χ1n) is 9.61. The summed E-state index contributed by atoms with van der Waals surface area (Å²) in [5.41, 5.74) is -5.07. The summed E-state index contributed by atoms with van der Waals surface area (Å²) in [6.07, 6.45) is -1.64. The average Bonchev–Trinajstić information content (AvgIpc) is 2.86. The van der Waals surface area contributed by atoms with Gasteiger partial charge in [0, 0.05) is 52.8 Å². The summed E-state index contributed by atoms with van der Waals surface area (Å²) < 4.78 is 7.00. The summed E-state index contributed by atoms with van der Waals surface area (Å²) in [6.45, 7) is 0.919. The molecule has 0 radical (unpaired) electrons. The van der Waals surface area contributed by atoms with Crippen molar-refractivity contribution in [2.45, 2.75) is 43.3 Å². The Morgan fingerprint density at radius 3 is 2.27 bits per heavy atom. The molecule has 1 aromatic rings. The van der Waals surface area contributed by atoms with E-state index in [2.05, 4.69) is 4.98 Å². The number of H-pyrrole nitrogens is 1. The minimum Gasteiger partial charge on any atom is -0.394 e. The summed E-state index contributed by atoms with van der Waals surface area (Å²) in [5, 5.41) is 35.1. The zero-order valence-electron chi connectivity index (χ0n) is 18.0. The highest BCUT2D eigenvalue weighted by molar-refractivity contribution is 5.13. The van der Waals surface area contributed by atoms with Crippen LogP contribution in [0.2, 0.25) is 0 Å². The van der Waals surface area contributed by atoms with Crippen molar-refractivity contribution in [3.8, 4) is 0 Å². The topological polar surface area (TPSA) is 150 Å². The Balaban J connectivity index is 2.62. The van der Waals surface area contributed by atoms with Crippen LogP contribution in [0.1, 0.15) is 18.4 Å². The highest BCUT2D eigenvalue weighted by Crippen LogP contribution is 2.47. The number of aliphatic hydroxyl groups excluding tert-OH is 2. The lowest BCUT2D eigenvalue weighted by Gasteiger charge is -2.43. The summed E-state index contributed by atoms with van der Waals surface area (Å²) in [5.74, 6) is 0. The Hall–Kier alpha value is -1.64. The molecule has 0 aliphatic carbocycles. The molecule has 1 aliphatic heterocycles. The zero-order chi connectivity index (χ0) is 22.7. The van der Waals surface area contributed by atoms with Crippen LogP contribution in [0.4, 0.5) is 0 Å². The van der Waals surface area contributed by atoms with Crippen molar-refractivity contribution in [3.05, 3.63) is 32.6 Å². The van der Waals surface area contributed by atoms with Gasteiger partial charge in [0.2, 0.25) is 0 Å². The molecule has 0 aromatic carbocycles. The van der Waals surface area contributed by atoms with E-state index in [-0.39, 0.29) is 31.6 Å². The number of aromatic nitrogens is 2. The third kappa shape index (κ3) is 4.65. The minimum atomic E-state index is -2.04. The molecule has 1 aliphatic rings. The van der Waals surface area contributed by atoms with Crippen molar-refractivity contribution >= 4 is 0 Å². The van der Waals surface area contributed by atoms with Gasteiger partial charge in [-0.05, 0) is 6.92 Å². The zero-order valence-corrected chi connectivity index (χ0v) is 18.0. The molecule has 1 aromatic heterocycles. The predicted molar refractivity (Wildman–Crippen MR) is 105 cm³/mol. The number of hydrogen-bond donors (Lipinski definition) is 4. The molecule has 1 fully saturated rings. The van der Waals surface area contributed by atoms with Crippen molar-refractivity contribution in [3.63, 3.8) is 0 Å².